The first-order valence-electron chi connectivity index (χ1n) is 9.99. The number of nitrogens with zero attached hydrogens (tertiary/aromatic N) is 6. The zero-order valence-corrected chi connectivity index (χ0v) is 17.8. The predicted octanol–water partition coefficient (Wildman–Crippen LogP) is 1.60. The molecule has 3 aromatic rings. The number of likely N-dealkylation sites (tertiary alicyclic amines) is 1. The molecule has 0 radical (unpaired) electrons. The van der Waals surface area contributed by atoms with Crippen LogP contribution in [0.2, 0.25) is 0 Å². The highest BCUT2D eigenvalue weighted by Gasteiger charge is 2.28. The van der Waals surface area contributed by atoms with Crippen LogP contribution in [0.15, 0.2) is 18.6 Å². The van der Waals surface area contributed by atoms with E-state index >= 15 is 0 Å². The van der Waals surface area contributed by atoms with Gasteiger partial charge in [0.15, 0.2) is 16.7 Å². The lowest BCUT2D eigenvalue weighted by atomic mass is 9.94. The van der Waals surface area contributed by atoms with E-state index in [0.29, 0.717) is 29.8 Å². The van der Waals surface area contributed by atoms with Crippen molar-refractivity contribution in [2.45, 2.75) is 32.7 Å². The van der Waals surface area contributed by atoms with Gasteiger partial charge < -0.3 is 14.6 Å². The zero-order chi connectivity index (χ0) is 21.1. The molecule has 4 rings (SSSR count). The van der Waals surface area contributed by atoms with Gasteiger partial charge in [-0.1, -0.05) is 13.8 Å². The van der Waals surface area contributed by atoms with Gasteiger partial charge >= 0.3 is 0 Å². The first-order valence-corrected chi connectivity index (χ1v) is 11.3. The molecule has 4 heterocycles. The van der Waals surface area contributed by atoms with E-state index in [4.69, 9.17) is 9.29 Å². The summed E-state index contributed by atoms with van der Waals surface area (Å²) in [4.78, 5) is 11.1. The van der Waals surface area contributed by atoms with E-state index < -0.39 is 11.1 Å². The predicted molar refractivity (Wildman–Crippen MR) is 113 cm³/mol. The van der Waals surface area contributed by atoms with Gasteiger partial charge in [-0.2, -0.15) is 14.6 Å². The molecule has 0 aromatic carbocycles. The topological polar surface area (TPSA) is 134 Å². The lowest BCUT2D eigenvalue weighted by Gasteiger charge is -2.36. The standard InChI is InChI=1S/C18H26N8O3S/c1-3-6-29-17-16(13-7-20-21-8-13)19-9-15-23-18(24-26(15)17)22-14-4-5-25(10-12(14)2)11-30(27)28/h7-9,12,14H,3-6,10-11H2,1-2H3,(H,20,21)(H,22,24)(H,27,28)/t12-,14+/m1/s1. The minimum absolute atomic E-state index is 0.173. The second kappa shape index (κ2) is 9.06. The van der Waals surface area contributed by atoms with Crippen LogP contribution in [0.1, 0.15) is 26.7 Å². The summed E-state index contributed by atoms with van der Waals surface area (Å²) in [7, 11) is 0. The SMILES string of the molecule is CCCOc1c(-c2cn[nH]c2)ncc2nc(N[C@H]3CCN(CS(=O)O)C[C@H]3C)nn12. The summed E-state index contributed by atoms with van der Waals surface area (Å²) >= 11 is -1.81. The summed E-state index contributed by atoms with van der Waals surface area (Å²) in [6.07, 6.45) is 6.82. The van der Waals surface area contributed by atoms with Gasteiger partial charge in [-0.05, 0) is 18.8 Å². The third-order valence-electron chi connectivity index (χ3n) is 5.15. The molecule has 1 saturated heterocycles. The summed E-state index contributed by atoms with van der Waals surface area (Å²) in [5, 5.41) is 14.8. The number of aromatic amines is 1. The van der Waals surface area contributed by atoms with E-state index in [1.54, 1.807) is 23.1 Å². The largest absolute Gasteiger partial charge is 0.476 e. The van der Waals surface area contributed by atoms with Gasteiger partial charge in [-0.15, -0.1) is 5.10 Å². The molecule has 3 aromatic heterocycles. The smallest absolute Gasteiger partial charge is 0.244 e. The van der Waals surface area contributed by atoms with Crippen molar-refractivity contribution >= 4 is 22.7 Å². The summed E-state index contributed by atoms with van der Waals surface area (Å²) < 4.78 is 27.8. The van der Waals surface area contributed by atoms with Gasteiger partial charge in [0.1, 0.15) is 11.6 Å². The third kappa shape index (κ3) is 4.45. The maximum Gasteiger partial charge on any atom is 0.244 e. The summed E-state index contributed by atoms with van der Waals surface area (Å²) in [6, 6.07) is 0.173. The van der Waals surface area contributed by atoms with Gasteiger partial charge in [0.2, 0.25) is 11.8 Å². The Morgan fingerprint density at radius 1 is 1.43 bits per heavy atom. The highest BCUT2D eigenvalue weighted by molar-refractivity contribution is 7.79. The molecule has 3 N–H and O–H groups in total. The van der Waals surface area contributed by atoms with Crippen molar-refractivity contribution in [3.8, 4) is 17.1 Å². The first kappa shape index (κ1) is 20.7. The van der Waals surface area contributed by atoms with Gasteiger partial charge in [0, 0.05) is 30.9 Å². The maximum absolute atomic E-state index is 11.1. The zero-order valence-electron chi connectivity index (χ0n) is 17.0. The van der Waals surface area contributed by atoms with E-state index in [0.717, 1.165) is 31.5 Å². The Hall–Kier alpha value is -2.57. The molecular weight excluding hydrogens is 408 g/mol. The Balaban J connectivity index is 1.57. The van der Waals surface area contributed by atoms with Crippen LogP contribution in [0, 0.1) is 5.92 Å². The molecule has 1 aliphatic heterocycles. The number of H-pyrrole nitrogens is 1. The number of fused-ring (bicyclic) bond motifs is 1. The maximum atomic E-state index is 11.1. The van der Waals surface area contributed by atoms with Crippen molar-refractivity contribution in [3.63, 3.8) is 0 Å². The van der Waals surface area contributed by atoms with Crippen LogP contribution in [0.25, 0.3) is 16.9 Å². The average molecular weight is 435 g/mol. The van der Waals surface area contributed by atoms with Crippen molar-refractivity contribution < 1.29 is 13.5 Å². The number of rotatable bonds is 8. The monoisotopic (exact) mass is 434 g/mol. The molecule has 30 heavy (non-hydrogen) atoms. The Kier molecular flexibility index (Phi) is 6.25. The molecule has 0 amide bonds. The van der Waals surface area contributed by atoms with Crippen molar-refractivity contribution in [1.82, 2.24) is 34.7 Å². The van der Waals surface area contributed by atoms with E-state index in [1.807, 2.05) is 11.8 Å². The van der Waals surface area contributed by atoms with Crippen molar-refractivity contribution in [2.24, 2.45) is 5.92 Å². The highest BCUT2D eigenvalue weighted by atomic mass is 32.2. The van der Waals surface area contributed by atoms with E-state index in [2.05, 4.69) is 37.5 Å². The van der Waals surface area contributed by atoms with Crippen LogP contribution in [0.3, 0.4) is 0 Å². The minimum Gasteiger partial charge on any atom is -0.476 e. The molecule has 0 spiro atoms. The first-order chi connectivity index (χ1) is 14.5. The Morgan fingerprint density at radius 2 is 2.30 bits per heavy atom. The Labute approximate surface area is 176 Å². The molecule has 1 unspecified atom stereocenters. The number of piperidine rings is 1. The van der Waals surface area contributed by atoms with Crippen molar-refractivity contribution in [1.29, 1.82) is 0 Å². The molecule has 1 fully saturated rings. The fraction of sp³-hybridized carbons (Fsp3) is 0.556. The van der Waals surface area contributed by atoms with E-state index in [1.165, 1.54) is 0 Å². The van der Waals surface area contributed by atoms with E-state index in [-0.39, 0.29) is 17.8 Å². The fourth-order valence-electron chi connectivity index (χ4n) is 3.69. The number of anilines is 1. The van der Waals surface area contributed by atoms with Crippen LogP contribution in [-0.2, 0) is 11.1 Å². The quantitative estimate of drug-likeness (QED) is 0.452. The lowest BCUT2D eigenvalue weighted by molar-refractivity contribution is 0.194. The molecular formula is C18H26N8O3S. The summed E-state index contributed by atoms with van der Waals surface area (Å²) in [6.45, 7) is 6.19. The van der Waals surface area contributed by atoms with Gasteiger partial charge in [0.05, 0.1) is 19.0 Å². The van der Waals surface area contributed by atoms with Gasteiger partial charge in [-0.3, -0.25) is 10.00 Å². The molecule has 0 aliphatic carbocycles. The van der Waals surface area contributed by atoms with Crippen LogP contribution >= 0.6 is 0 Å². The van der Waals surface area contributed by atoms with Gasteiger partial charge in [0.25, 0.3) is 0 Å². The normalized spacial score (nSPS) is 21.0. The Morgan fingerprint density at radius 3 is 3.00 bits per heavy atom. The highest BCUT2D eigenvalue weighted by Crippen LogP contribution is 2.28. The van der Waals surface area contributed by atoms with Crippen LogP contribution < -0.4 is 10.1 Å². The Bertz CT molecular complexity index is 1010. The number of hydrogen-bond acceptors (Lipinski definition) is 8. The number of ether oxygens (including phenoxy) is 1. The second-order valence-corrected chi connectivity index (χ2v) is 8.40. The molecule has 162 valence electrons. The number of nitrogens with one attached hydrogen (secondary N) is 2. The minimum atomic E-state index is -1.81. The van der Waals surface area contributed by atoms with E-state index in [9.17, 15) is 4.21 Å². The van der Waals surface area contributed by atoms with Crippen LogP contribution in [0.5, 0.6) is 5.88 Å². The number of hydrogen-bond donors (Lipinski definition) is 3. The third-order valence-corrected chi connectivity index (χ3v) is 5.73. The van der Waals surface area contributed by atoms with Crippen molar-refractivity contribution in [2.75, 3.05) is 30.9 Å². The molecule has 0 bridgehead atoms. The lowest BCUT2D eigenvalue weighted by Crippen LogP contribution is -2.46. The summed E-state index contributed by atoms with van der Waals surface area (Å²) in [5.41, 5.74) is 2.06. The fourth-order valence-corrected chi connectivity index (χ4v) is 4.24. The second-order valence-electron chi connectivity index (χ2n) is 7.50. The average Bonchev–Trinajstić information content (AvgIpc) is 3.37. The summed E-state index contributed by atoms with van der Waals surface area (Å²) in [5.74, 6) is 1.51. The molecule has 1 aliphatic rings. The van der Waals surface area contributed by atoms with Gasteiger partial charge in [-0.25, -0.2) is 9.19 Å². The van der Waals surface area contributed by atoms with Crippen molar-refractivity contribution in [3.05, 3.63) is 18.6 Å². The van der Waals surface area contributed by atoms with Crippen LogP contribution in [-0.4, -0.2) is 75.1 Å². The molecule has 0 saturated carbocycles. The molecule has 12 heteroatoms. The molecule has 11 nitrogen and oxygen atoms in total. The number of aromatic nitrogens is 6. The van der Waals surface area contributed by atoms with Crippen LogP contribution in [0.4, 0.5) is 5.95 Å². The molecule has 3 atom stereocenters.